The molecule has 0 aromatic carbocycles. The third-order valence-electron chi connectivity index (χ3n) is 29.5. The summed E-state index contributed by atoms with van der Waals surface area (Å²) in [6, 6.07) is -8.05. The van der Waals surface area contributed by atoms with Gasteiger partial charge in [0, 0.05) is 39.4 Å². The van der Waals surface area contributed by atoms with Crippen molar-refractivity contribution < 1.29 is 76.5 Å². The molecular formula is C104H184Cl4N16O16. The number of carbonyl (C=O) groups is 12. The summed E-state index contributed by atoms with van der Waals surface area (Å²) < 4.78 is 24.6. The number of hydrogen-bond donors (Lipinski definition) is 12. The Kier molecular flexibility index (Phi) is 58.3. The van der Waals surface area contributed by atoms with Gasteiger partial charge < -0.3 is 102 Å². The minimum absolute atomic E-state index is 0. The van der Waals surface area contributed by atoms with Crippen LogP contribution in [0.1, 0.15) is 316 Å². The molecule has 4 aliphatic heterocycles. The van der Waals surface area contributed by atoms with Crippen molar-refractivity contribution in [3.63, 3.8) is 0 Å². The molecule has 4 heterocycles. The Morgan fingerprint density at radius 3 is 0.671 bits per heavy atom. The van der Waals surface area contributed by atoms with Gasteiger partial charge in [-0.15, -0.1) is 49.6 Å². The normalized spacial score (nSPS) is 21.6. The molecule has 4 saturated carbocycles. The van der Waals surface area contributed by atoms with Crippen molar-refractivity contribution in [2.75, 3.05) is 107 Å². The van der Waals surface area contributed by atoms with E-state index in [1.807, 2.05) is 83.1 Å². The average molecular weight is 2060 g/mol. The topological polar surface area (TPSA) is 399 Å². The molecule has 4 aliphatic carbocycles. The largest absolute Gasteiger partial charge is 0.379 e. The lowest BCUT2D eigenvalue weighted by atomic mass is 9.84. The van der Waals surface area contributed by atoms with E-state index in [4.69, 9.17) is 18.9 Å². The quantitative estimate of drug-likeness (QED) is 0.0199. The fourth-order valence-corrected chi connectivity index (χ4v) is 20.3. The van der Waals surface area contributed by atoms with Gasteiger partial charge in [-0.05, 0) is 229 Å². The molecule has 0 radical (unpaired) electrons. The predicted molar refractivity (Wildman–Crippen MR) is 559 cm³/mol. The predicted octanol–water partition coefficient (Wildman–Crippen LogP) is 10.1. The van der Waals surface area contributed by atoms with Crippen molar-refractivity contribution in [2.45, 2.75) is 413 Å². The molecule has 36 heteroatoms. The Morgan fingerprint density at radius 2 is 0.479 bits per heavy atom. The van der Waals surface area contributed by atoms with Crippen LogP contribution in [0.2, 0.25) is 0 Å². The molecule has 16 atom stereocenters. The van der Waals surface area contributed by atoms with Crippen molar-refractivity contribution in [2.24, 2.45) is 45.3 Å². The van der Waals surface area contributed by atoms with Crippen LogP contribution in [0.25, 0.3) is 0 Å². The van der Waals surface area contributed by atoms with Crippen LogP contribution < -0.4 is 63.8 Å². The van der Waals surface area contributed by atoms with Gasteiger partial charge in [-0.2, -0.15) is 0 Å². The molecule has 0 bridgehead atoms. The highest BCUT2D eigenvalue weighted by Crippen LogP contribution is 2.36. The summed E-state index contributed by atoms with van der Waals surface area (Å²) in [5.74, 6) is 10.2. The highest BCUT2D eigenvalue weighted by molar-refractivity contribution is 5.97. The van der Waals surface area contributed by atoms with Gasteiger partial charge in [0.2, 0.25) is 70.9 Å². The standard InChI is InChI=1S/C52H94N8O8.C52H86N8O8.4ClH/c2*1-35(53-9)45(61)57-43(51(3,4)5)49(65)59-29-21-27-41(59)47(63)55-39(37-23-15-13-16-24-37)33-67-31-19-11-12-20-32-68-34-40(38-25-17-14-18-26-38)56-48(64)42-28-22-30-60(42)50(66)44(52(6,7)8)58-46(62)36(2)54-10;;;;/h35-44,53-54H,11-34H2,1-10H3,(H,55,63)(H,56,64)(H,57,61)(H,58,62);35-44,53-54H,13-18,21-34H2,1-10H3,(H,55,63)(H,56,64)(H,57,61)(H,58,62);4*1H/t35-,36-,39+,40+,41?,42?,43+,44+;35-,36-,39+,40+,41-,42-,43+,44+;;;;/m00..../s1. The number of hydrogen-bond acceptors (Lipinski definition) is 20. The summed E-state index contributed by atoms with van der Waals surface area (Å²) in [5, 5.41) is 36.7. The summed E-state index contributed by atoms with van der Waals surface area (Å²) in [4.78, 5) is 170. The third-order valence-corrected chi connectivity index (χ3v) is 29.5. The van der Waals surface area contributed by atoms with Gasteiger partial charge in [0.05, 0.1) is 74.8 Å². The van der Waals surface area contributed by atoms with Crippen LogP contribution >= 0.6 is 49.6 Å². The summed E-state index contributed by atoms with van der Waals surface area (Å²) in [5.41, 5.74) is -2.21. The molecule has 12 amide bonds. The molecule has 8 fully saturated rings. The first-order valence-electron chi connectivity index (χ1n) is 52.2. The molecule has 2 unspecified atom stereocenters. The highest BCUT2D eigenvalue weighted by Gasteiger charge is 2.49. The van der Waals surface area contributed by atoms with Crippen LogP contribution in [0.3, 0.4) is 0 Å². The van der Waals surface area contributed by atoms with E-state index in [1.165, 1.54) is 25.7 Å². The monoisotopic (exact) mass is 2050 g/mol. The molecule has 0 spiro atoms. The molecule has 140 heavy (non-hydrogen) atoms. The van der Waals surface area contributed by atoms with Gasteiger partial charge in [-0.3, -0.25) is 57.5 Å². The number of likely N-dealkylation sites (tertiary alicyclic amines) is 4. The minimum Gasteiger partial charge on any atom is -0.379 e. The SMILES string of the molecule is CN[C@@H](C)C(=O)N[C@H](C(=O)N1CCCC1C(=O)N[C@H](COCCCCCCOC[C@@H](NC(=O)C1CCCN1C(=O)[C@@H](NC(=O)[C@H](C)NC)C(C)(C)C)C1CCCCC1)C1CCCCC1)C(C)(C)C.CN[C@@H](C)C(=O)N[C@H](C(=O)N1CCC[C@H]1C(=O)N[C@H](COCC#CC#CCOC[C@@H](NC(=O)[C@@H]1CCCN1C(=O)[C@@H](NC(=O)[C@H](C)NC)C(C)(C)C)C1CCCCC1)C1CCCCC1)C(C)(C)C.Cl.Cl.Cl.Cl. The molecule has 32 nitrogen and oxygen atoms in total. The maximum absolute atomic E-state index is 14.0. The van der Waals surface area contributed by atoms with Crippen molar-refractivity contribution in [3.8, 4) is 23.7 Å². The number of likely N-dealkylation sites (N-methyl/N-ethyl adjacent to an activating group) is 4. The average Bonchev–Trinajstić information content (AvgIpc) is 1.64. The fraction of sp³-hybridized carbons (Fsp3) is 0.846. The van der Waals surface area contributed by atoms with Crippen molar-refractivity contribution in [1.82, 2.24) is 83.4 Å². The van der Waals surface area contributed by atoms with E-state index in [0.717, 1.165) is 141 Å². The van der Waals surface area contributed by atoms with E-state index in [0.29, 0.717) is 103 Å². The second-order valence-corrected chi connectivity index (χ2v) is 44.3. The number of nitrogens with one attached hydrogen (secondary N) is 12. The Hall–Kier alpha value is -6.40. The van der Waals surface area contributed by atoms with Gasteiger partial charge in [0.25, 0.3) is 0 Å². The van der Waals surface area contributed by atoms with Crippen LogP contribution in [0.5, 0.6) is 0 Å². The maximum Gasteiger partial charge on any atom is 0.246 e. The molecule has 4 saturated heterocycles. The number of rotatable bonds is 45. The zero-order valence-corrected chi connectivity index (χ0v) is 91.9. The number of halogens is 4. The van der Waals surface area contributed by atoms with Crippen molar-refractivity contribution in [1.29, 1.82) is 0 Å². The molecular weight excluding hydrogens is 1870 g/mol. The molecule has 8 rings (SSSR count). The number of ether oxygens (including phenoxy) is 4. The number of nitrogens with zero attached hydrogens (tertiary/aromatic N) is 4. The van der Waals surface area contributed by atoms with Gasteiger partial charge in [0.1, 0.15) is 61.5 Å². The maximum atomic E-state index is 14.0. The smallest absolute Gasteiger partial charge is 0.246 e. The Bertz CT molecular complexity index is 3690. The third kappa shape index (κ3) is 40.4. The number of unbranched alkanes of at least 4 members (excludes halogenated alkanes) is 3. The van der Waals surface area contributed by atoms with Gasteiger partial charge in [0.15, 0.2) is 0 Å². The summed E-state index contributed by atoms with van der Waals surface area (Å²) >= 11 is 0. The first-order chi connectivity index (χ1) is 64.6. The molecule has 12 N–H and O–H groups in total. The van der Waals surface area contributed by atoms with E-state index in [-0.39, 0.29) is 183 Å². The lowest BCUT2D eigenvalue weighted by Gasteiger charge is -2.37. The lowest BCUT2D eigenvalue weighted by molar-refractivity contribution is -0.144. The number of amides is 12. The van der Waals surface area contributed by atoms with Crippen LogP contribution in [0, 0.1) is 69.0 Å². The Morgan fingerprint density at radius 1 is 0.279 bits per heavy atom. The summed E-state index contributed by atoms with van der Waals surface area (Å²) in [7, 11) is 6.82. The van der Waals surface area contributed by atoms with Gasteiger partial charge >= 0.3 is 0 Å². The van der Waals surface area contributed by atoms with E-state index < -0.39 is 94.2 Å². The molecule has 0 aromatic heterocycles. The zero-order chi connectivity index (χ0) is 100. The molecule has 804 valence electrons. The van der Waals surface area contributed by atoms with E-state index in [9.17, 15) is 57.5 Å². The van der Waals surface area contributed by atoms with Gasteiger partial charge in [-0.1, -0.05) is 185 Å². The minimum atomic E-state index is -0.785. The van der Waals surface area contributed by atoms with Crippen LogP contribution in [0.4, 0.5) is 0 Å². The fourth-order valence-electron chi connectivity index (χ4n) is 20.3. The van der Waals surface area contributed by atoms with Crippen LogP contribution in [0.15, 0.2) is 0 Å². The second kappa shape index (κ2) is 63.9. The Labute approximate surface area is 864 Å². The number of carbonyl (C=O) groups excluding carboxylic acids is 12. The zero-order valence-electron chi connectivity index (χ0n) is 88.6. The van der Waals surface area contributed by atoms with Crippen LogP contribution in [-0.2, 0) is 76.5 Å². The Balaban J connectivity index is 0.000000700. The van der Waals surface area contributed by atoms with E-state index >= 15 is 0 Å². The first-order valence-corrected chi connectivity index (χ1v) is 52.2. The molecule has 8 aliphatic rings. The van der Waals surface area contributed by atoms with Crippen molar-refractivity contribution in [3.05, 3.63) is 0 Å². The highest BCUT2D eigenvalue weighted by atomic mass is 35.5. The first kappa shape index (κ1) is 128. The van der Waals surface area contributed by atoms with Crippen molar-refractivity contribution >= 4 is 121 Å². The summed E-state index contributed by atoms with van der Waals surface area (Å²) in [6.45, 7) is 34.9. The summed E-state index contributed by atoms with van der Waals surface area (Å²) in [6.07, 6.45) is 30.7. The molecule has 0 aromatic rings. The lowest BCUT2D eigenvalue weighted by Crippen LogP contribution is -2.60. The van der Waals surface area contributed by atoms with E-state index in [1.54, 1.807) is 75.5 Å². The second-order valence-electron chi connectivity index (χ2n) is 44.3. The van der Waals surface area contributed by atoms with E-state index in [2.05, 4.69) is 87.5 Å². The van der Waals surface area contributed by atoms with Gasteiger partial charge in [-0.25, -0.2) is 0 Å². The van der Waals surface area contributed by atoms with Crippen LogP contribution in [-0.4, -0.2) is 294 Å².